The summed E-state index contributed by atoms with van der Waals surface area (Å²) in [5.74, 6) is 0.336. The number of carbonyl (C=O) groups is 1. The molecule has 0 aromatic carbocycles. The summed E-state index contributed by atoms with van der Waals surface area (Å²) in [6, 6.07) is 4.04. The van der Waals surface area contributed by atoms with Gasteiger partial charge in [-0.2, -0.15) is 0 Å². The van der Waals surface area contributed by atoms with E-state index in [-0.39, 0.29) is 11.8 Å². The Labute approximate surface area is 132 Å². The number of hydrogen-bond acceptors (Lipinski definition) is 5. The normalized spacial score (nSPS) is 22.5. The van der Waals surface area contributed by atoms with Gasteiger partial charge in [0.05, 0.1) is 23.1 Å². The van der Waals surface area contributed by atoms with Gasteiger partial charge in [0.25, 0.3) is 0 Å². The third-order valence-electron chi connectivity index (χ3n) is 3.89. The number of hydrogen-bond donors (Lipinski definition) is 1. The highest BCUT2D eigenvalue weighted by atomic mass is 32.1. The number of β-amino-alcohol motifs (C(OH)–C–C–N with tert-alkyl or cyclic N) is 1. The van der Waals surface area contributed by atoms with Crippen molar-refractivity contribution in [3.8, 4) is 9.88 Å². The number of thiazole rings is 1. The molecule has 1 saturated heterocycles. The standard InChI is InChI=1S/C15H18N2O2S2/c1-10-4-5-17(8-12(10)18)14(19)7-11-9-21-15(16-11)13-3-2-6-20-13/h2-3,6,9-10,12,18H,4-5,7-8H2,1H3. The number of thiophene rings is 1. The van der Waals surface area contributed by atoms with E-state index in [9.17, 15) is 9.90 Å². The molecular weight excluding hydrogens is 304 g/mol. The van der Waals surface area contributed by atoms with Gasteiger partial charge in [-0.1, -0.05) is 13.0 Å². The molecule has 4 nitrogen and oxygen atoms in total. The minimum absolute atomic E-state index is 0.0592. The fourth-order valence-corrected chi connectivity index (χ4v) is 4.08. The van der Waals surface area contributed by atoms with Crippen LogP contribution in [0.25, 0.3) is 9.88 Å². The van der Waals surface area contributed by atoms with Gasteiger partial charge in [0.2, 0.25) is 5.91 Å². The smallest absolute Gasteiger partial charge is 0.228 e. The van der Waals surface area contributed by atoms with Gasteiger partial charge in [0, 0.05) is 18.5 Å². The SMILES string of the molecule is CC1CCN(C(=O)Cc2csc(-c3cccs3)n2)CC1O. The van der Waals surface area contributed by atoms with Gasteiger partial charge < -0.3 is 10.0 Å². The van der Waals surface area contributed by atoms with E-state index in [0.29, 0.717) is 13.0 Å². The maximum atomic E-state index is 12.3. The molecule has 0 radical (unpaired) electrons. The molecule has 1 N–H and O–H groups in total. The van der Waals surface area contributed by atoms with E-state index in [0.717, 1.165) is 28.5 Å². The summed E-state index contributed by atoms with van der Waals surface area (Å²) in [4.78, 5) is 19.7. The van der Waals surface area contributed by atoms with Gasteiger partial charge in [-0.05, 0) is 23.8 Å². The largest absolute Gasteiger partial charge is 0.391 e. The lowest BCUT2D eigenvalue weighted by atomic mass is 9.96. The van der Waals surface area contributed by atoms with Gasteiger partial charge in [0.1, 0.15) is 5.01 Å². The van der Waals surface area contributed by atoms with E-state index in [1.165, 1.54) is 0 Å². The van der Waals surface area contributed by atoms with E-state index in [1.54, 1.807) is 27.6 Å². The van der Waals surface area contributed by atoms with Crippen LogP contribution in [0, 0.1) is 5.92 Å². The van der Waals surface area contributed by atoms with Crippen molar-refractivity contribution in [3.63, 3.8) is 0 Å². The Hall–Kier alpha value is -1.24. The first kappa shape index (κ1) is 14.7. The van der Waals surface area contributed by atoms with Crippen molar-refractivity contribution in [2.24, 2.45) is 5.92 Å². The number of aliphatic hydroxyl groups is 1. The zero-order chi connectivity index (χ0) is 14.8. The van der Waals surface area contributed by atoms with Crippen LogP contribution in [-0.2, 0) is 11.2 Å². The van der Waals surface area contributed by atoms with Crippen molar-refractivity contribution in [2.75, 3.05) is 13.1 Å². The topological polar surface area (TPSA) is 53.4 Å². The fourth-order valence-electron chi connectivity index (χ4n) is 2.44. The molecule has 2 aromatic rings. The molecule has 6 heteroatoms. The van der Waals surface area contributed by atoms with E-state index in [2.05, 4.69) is 4.98 Å². The number of nitrogens with zero attached hydrogens (tertiary/aromatic N) is 2. The Morgan fingerprint density at radius 1 is 1.52 bits per heavy atom. The Morgan fingerprint density at radius 2 is 2.38 bits per heavy atom. The summed E-state index contributed by atoms with van der Waals surface area (Å²) in [6.07, 6.45) is 0.785. The molecule has 0 saturated carbocycles. The molecule has 3 rings (SSSR count). The lowest BCUT2D eigenvalue weighted by Gasteiger charge is -2.34. The molecule has 0 bridgehead atoms. The van der Waals surface area contributed by atoms with Crippen LogP contribution in [0.15, 0.2) is 22.9 Å². The number of rotatable bonds is 3. The molecule has 2 atom stereocenters. The van der Waals surface area contributed by atoms with Crippen molar-refractivity contribution in [1.82, 2.24) is 9.88 Å². The first-order valence-electron chi connectivity index (χ1n) is 7.07. The molecule has 1 fully saturated rings. The van der Waals surface area contributed by atoms with Crippen LogP contribution in [0.5, 0.6) is 0 Å². The van der Waals surface area contributed by atoms with Crippen molar-refractivity contribution in [3.05, 3.63) is 28.6 Å². The number of amides is 1. The van der Waals surface area contributed by atoms with Gasteiger partial charge in [-0.3, -0.25) is 4.79 Å². The zero-order valence-corrected chi connectivity index (χ0v) is 13.5. The summed E-state index contributed by atoms with van der Waals surface area (Å²) < 4.78 is 0. The van der Waals surface area contributed by atoms with E-state index < -0.39 is 6.10 Å². The number of aliphatic hydroxyl groups excluding tert-OH is 1. The third kappa shape index (κ3) is 3.33. The molecule has 21 heavy (non-hydrogen) atoms. The molecule has 2 unspecified atom stereocenters. The van der Waals surface area contributed by atoms with Gasteiger partial charge >= 0.3 is 0 Å². The second-order valence-corrected chi connectivity index (χ2v) is 7.28. The van der Waals surface area contributed by atoms with Crippen molar-refractivity contribution in [1.29, 1.82) is 0 Å². The second-order valence-electron chi connectivity index (χ2n) is 5.47. The minimum Gasteiger partial charge on any atom is -0.391 e. The highest BCUT2D eigenvalue weighted by Crippen LogP contribution is 2.28. The summed E-state index contributed by atoms with van der Waals surface area (Å²) in [5.41, 5.74) is 0.821. The van der Waals surface area contributed by atoms with E-state index in [4.69, 9.17) is 0 Å². The number of carbonyl (C=O) groups excluding carboxylic acids is 1. The molecule has 1 aliphatic heterocycles. The lowest BCUT2D eigenvalue weighted by Crippen LogP contribution is -2.46. The molecule has 3 heterocycles. The van der Waals surface area contributed by atoms with Crippen LogP contribution in [0.1, 0.15) is 19.0 Å². The van der Waals surface area contributed by atoms with Crippen LogP contribution in [0.2, 0.25) is 0 Å². The number of likely N-dealkylation sites (tertiary alicyclic amines) is 1. The Kier molecular flexibility index (Phi) is 4.37. The van der Waals surface area contributed by atoms with Crippen LogP contribution in [0.4, 0.5) is 0 Å². The highest BCUT2D eigenvalue weighted by molar-refractivity contribution is 7.20. The molecule has 2 aromatic heterocycles. The minimum atomic E-state index is -0.403. The van der Waals surface area contributed by atoms with Crippen LogP contribution in [0.3, 0.4) is 0 Å². The van der Waals surface area contributed by atoms with Gasteiger partial charge in [-0.25, -0.2) is 4.98 Å². The zero-order valence-electron chi connectivity index (χ0n) is 11.9. The Bertz CT molecular complexity index is 609. The highest BCUT2D eigenvalue weighted by Gasteiger charge is 2.27. The predicted octanol–water partition coefficient (Wildman–Crippen LogP) is 2.64. The average molecular weight is 322 g/mol. The maximum absolute atomic E-state index is 12.3. The lowest BCUT2D eigenvalue weighted by molar-refractivity contribution is -0.134. The summed E-state index contributed by atoms with van der Waals surface area (Å²) in [7, 11) is 0. The molecule has 1 aliphatic rings. The van der Waals surface area contributed by atoms with Crippen LogP contribution >= 0.6 is 22.7 Å². The van der Waals surface area contributed by atoms with Crippen LogP contribution in [-0.4, -0.2) is 40.1 Å². The third-order valence-corrected chi connectivity index (χ3v) is 5.82. The van der Waals surface area contributed by atoms with Crippen molar-refractivity contribution < 1.29 is 9.90 Å². The quantitative estimate of drug-likeness (QED) is 0.945. The summed E-state index contributed by atoms with van der Waals surface area (Å²) in [6.45, 7) is 3.21. The average Bonchev–Trinajstić information content (AvgIpc) is 3.12. The Balaban J connectivity index is 1.63. The van der Waals surface area contributed by atoms with E-state index in [1.807, 2.05) is 29.8 Å². The molecule has 0 spiro atoms. The van der Waals surface area contributed by atoms with Gasteiger partial charge in [0.15, 0.2) is 0 Å². The summed E-state index contributed by atoms with van der Waals surface area (Å²) >= 11 is 3.23. The molecule has 0 aliphatic carbocycles. The molecule has 1 amide bonds. The predicted molar refractivity (Wildman–Crippen MR) is 85.5 cm³/mol. The molecule has 112 valence electrons. The maximum Gasteiger partial charge on any atom is 0.228 e. The van der Waals surface area contributed by atoms with E-state index >= 15 is 0 Å². The number of piperidine rings is 1. The summed E-state index contributed by atoms with van der Waals surface area (Å²) in [5, 5.41) is 14.8. The first-order chi connectivity index (χ1) is 10.1. The van der Waals surface area contributed by atoms with Crippen molar-refractivity contribution >= 4 is 28.6 Å². The first-order valence-corrected chi connectivity index (χ1v) is 8.83. The fraction of sp³-hybridized carbons (Fsp3) is 0.467. The number of aromatic nitrogens is 1. The van der Waals surface area contributed by atoms with Crippen molar-refractivity contribution in [2.45, 2.75) is 25.9 Å². The monoisotopic (exact) mass is 322 g/mol. The van der Waals surface area contributed by atoms with Gasteiger partial charge in [-0.15, -0.1) is 22.7 Å². The van der Waals surface area contributed by atoms with Crippen LogP contribution < -0.4 is 0 Å². The Morgan fingerprint density at radius 3 is 3.10 bits per heavy atom. The molecular formula is C15H18N2O2S2. The second kappa shape index (κ2) is 6.25.